The van der Waals surface area contributed by atoms with E-state index in [1.807, 2.05) is 54.3 Å². The molecule has 2 aliphatic heterocycles. The maximum atomic E-state index is 12.4. The van der Waals surface area contributed by atoms with Crippen LogP contribution < -0.4 is 19.1 Å². The van der Waals surface area contributed by atoms with Crippen molar-refractivity contribution in [3.05, 3.63) is 48.0 Å². The van der Waals surface area contributed by atoms with E-state index < -0.39 is 0 Å². The molecule has 2 heterocycles. The van der Waals surface area contributed by atoms with Crippen LogP contribution >= 0.6 is 11.8 Å². The summed E-state index contributed by atoms with van der Waals surface area (Å²) in [5.41, 5.74) is 1.90. The van der Waals surface area contributed by atoms with E-state index >= 15 is 0 Å². The van der Waals surface area contributed by atoms with Crippen molar-refractivity contribution in [3.63, 3.8) is 0 Å². The van der Waals surface area contributed by atoms with Crippen LogP contribution in [0.25, 0.3) is 0 Å². The molecule has 0 aromatic heterocycles. The summed E-state index contributed by atoms with van der Waals surface area (Å²) in [7, 11) is 0. The van der Waals surface area contributed by atoms with Gasteiger partial charge in [-0.15, -0.1) is 11.8 Å². The Kier molecular flexibility index (Phi) is 3.98. The predicted octanol–water partition coefficient (Wildman–Crippen LogP) is 3.59. The van der Waals surface area contributed by atoms with Crippen LogP contribution in [0.4, 0.5) is 5.69 Å². The standard InChI is InChI=1S/C18H17NO4S/c1-2-21-14-6-4-13(5-7-14)19-17(20)10-24-18(19)12-3-8-15-16(9-12)23-11-22-15/h3-9,18H,2,10-11H2,1H3. The van der Waals surface area contributed by atoms with Gasteiger partial charge in [-0.3, -0.25) is 9.69 Å². The second-order valence-corrected chi connectivity index (χ2v) is 6.54. The van der Waals surface area contributed by atoms with Gasteiger partial charge in [0.15, 0.2) is 11.5 Å². The van der Waals surface area contributed by atoms with Gasteiger partial charge in [-0.05, 0) is 48.9 Å². The first-order valence-corrected chi connectivity index (χ1v) is 8.87. The van der Waals surface area contributed by atoms with Gasteiger partial charge < -0.3 is 14.2 Å². The van der Waals surface area contributed by atoms with Crippen molar-refractivity contribution in [2.75, 3.05) is 24.1 Å². The molecular formula is C18H17NO4S. The molecule has 0 aliphatic carbocycles. The fourth-order valence-electron chi connectivity index (χ4n) is 2.89. The Bertz CT molecular complexity index is 762. The van der Waals surface area contributed by atoms with Crippen LogP contribution in [-0.2, 0) is 4.79 Å². The van der Waals surface area contributed by atoms with Gasteiger partial charge in [0, 0.05) is 5.69 Å². The lowest BCUT2D eigenvalue weighted by Crippen LogP contribution is -2.27. The number of carbonyl (C=O) groups excluding carboxylic acids is 1. The number of benzene rings is 2. The molecule has 2 aliphatic rings. The quantitative estimate of drug-likeness (QED) is 0.849. The third-order valence-corrected chi connectivity index (χ3v) is 5.19. The largest absolute Gasteiger partial charge is 0.494 e. The third-order valence-electron chi connectivity index (χ3n) is 3.98. The number of rotatable bonds is 4. The molecule has 1 atom stereocenters. The molecule has 2 aromatic rings. The molecule has 0 radical (unpaired) electrons. The summed E-state index contributed by atoms with van der Waals surface area (Å²) < 4.78 is 16.3. The number of nitrogens with zero attached hydrogens (tertiary/aromatic N) is 1. The SMILES string of the molecule is CCOc1ccc(N2C(=O)CSC2c2ccc3c(c2)OCO3)cc1. The minimum atomic E-state index is -0.0649. The summed E-state index contributed by atoms with van der Waals surface area (Å²) in [5, 5.41) is -0.0649. The van der Waals surface area contributed by atoms with Crippen molar-refractivity contribution < 1.29 is 19.0 Å². The first kappa shape index (κ1) is 15.2. The third kappa shape index (κ3) is 2.67. The molecule has 1 saturated heterocycles. The fraction of sp³-hybridized carbons (Fsp3) is 0.278. The summed E-state index contributed by atoms with van der Waals surface area (Å²) in [6, 6.07) is 13.5. The van der Waals surface area contributed by atoms with Gasteiger partial charge in [0.05, 0.1) is 12.4 Å². The minimum absolute atomic E-state index is 0.0649. The van der Waals surface area contributed by atoms with Gasteiger partial charge in [-0.25, -0.2) is 0 Å². The van der Waals surface area contributed by atoms with Gasteiger partial charge in [0.1, 0.15) is 11.1 Å². The molecule has 0 N–H and O–H groups in total. The van der Waals surface area contributed by atoms with Gasteiger partial charge in [-0.2, -0.15) is 0 Å². The maximum absolute atomic E-state index is 12.4. The molecule has 0 saturated carbocycles. The second-order valence-electron chi connectivity index (χ2n) is 5.47. The highest BCUT2D eigenvalue weighted by atomic mass is 32.2. The number of hydrogen-bond donors (Lipinski definition) is 0. The zero-order valence-corrected chi connectivity index (χ0v) is 14.0. The van der Waals surface area contributed by atoms with Crippen LogP contribution in [0.5, 0.6) is 17.2 Å². The van der Waals surface area contributed by atoms with Gasteiger partial charge in [0.2, 0.25) is 12.7 Å². The molecule has 4 rings (SSSR count). The number of fused-ring (bicyclic) bond motifs is 1. The number of thioether (sulfide) groups is 1. The van der Waals surface area contributed by atoms with E-state index in [4.69, 9.17) is 14.2 Å². The van der Waals surface area contributed by atoms with E-state index in [-0.39, 0.29) is 18.1 Å². The fourth-order valence-corrected chi connectivity index (χ4v) is 4.05. The molecule has 124 valence electrons. The average molecular weight is 343 g/mol. The van der Waals surface area contributed by atoms with E-state index in [1.54, 1.807) is 11.8 Å². The molecule has 6 heteroatoms. The van der Waals surface area contributed by atoms with E-state index in [1.165, 1.54) is 0 Å². The van der Waals surface area contributed by atoms with Crippen molar-refractivity contribution in [2.45, 2.75) is 12.3 Å². The summed E-state index contributed by atoms with van der Waals surface area (Å²) in [4.78, 5) is 14.3. The van der Waals surface area contributed by atoms with Crippen LogP contribution in [0.2, 0.25) is 0 Å². The van der Waals surface area contributed by atoms with Crippen molar-refractivity contribution >= 4 is 23.4 Å². The second kappa shape index (κ2) is 6.28. The van der Waals surface area contributed by atoms with E-state index in [9.17, 15) is 4.79 Å². The van der Waals surface area contributed by atoms with E-state index in [0.717, 1.165) is 28.5 Å². The normalized spacial score (nSPS) is 19.0. The monoisotopic (exact) mass is 343 g/mol. The van der Waals surface area contributed by atoms with Crippen molar-refractivity contribution in [3.8, 4) is 17.2 Å². The Balaban J connectivity index is 1.64. The van der Waals surface area contributed by atoms with E-state index in [0.29, 0.717) is 12.4 Å². The summed E-state index contributed by atoms with van der Waals surface area (Å²) >= 11 is 1.62. The Hall–Kier alpha value is -2.34. The van der Waals surface area contributed by atoms with Crippen molar-refractivity contribution in [2.24, 2.45) is 0 Å². The predicted molar refractivity (Wildman–Crippen MR) is 92.9 cm³/mol. The first-order chi connectivity index (χ1) is 11.8. The average Bonchev–Trinajstić information content (AvgIpc) is 3.21. The Morgan fingerprint density at radius 3 is 2.75 bits per heavy atom. The van der Waals surface area contributed by atoms with Crippen molar-refractivity contribution in [1.29, 1.82) is 0 Å². The number of ether oxygens (including phenoxy) is 3. The van der Waals surface area contributed by atoms with Gasteiger partial charge in [0.25, 0.3) is 0 Å². The van der Waals surface area contributed by atoms with Gasteiger partial charge in [-0.1, -0.05) is 6.07 Å². The number of amides is 1. The molecule has 0 spiro atoms. The number of hydrogen-bond acceptors (Lipinski definition) is 5. The number of anilines is 1. The van der Waals surface area contributed by atoms with Crippen LogP contribution in [0, 0.1) is 0 Å². The topological polar surface area (TPSA) is 48.0 Å². The molecule has 1 unspecified atom stereocenters. The van der Waals surface area contributed by atoms with Crippen molar-refractivity contribution in [1.82, 2.24) is 0 Å². The lowest BCUT2D eigenvalue weighted by atomic mass is 10.1. The van der Waals surface area contributed by atoms with Crippen LogP contribution in [-0.4, -0.2) is 25.1 Å². The van der Waals surface area contributed by atoms with Crippen LogP contribution in [0.15, 0.2) is 42.5 Å². The number of carbonyl (C=O) groups is 1. The van der Waals surface area contributed by atoms with Gasteiger partial charge >= 0.3 is 0 Å². The van der Waals surface area contributed by atoms with E-state index in [2.05, 4.69) is 0 Å². The highest BCUT2D eigenvalue weighted by Gasteiger charge is 2.34. The molecular weight excluding hydrogens is 326 g/mol. The van der Waals surface area contributed by atoms with Crippen LogP contribution in [0.3, 0.4) is 0 Å². The molecule has 1 fully saturated rings. The lowest BCUT2D eigenvalue weighted by molar-refractivity contribution is -0.115. The molecule has 5 nitrogen and oxygen atoms in total. The van der Waals surface area contributed by atoms with Crippen LogP contribution in [0.1, 0.15) is 17.9 Å². The minimum Gasteiger partial charge on any atom is -0.494 e. The smallest absolute Gasteiger partial charge is 0.238 e. The first-order valence-electron chi connectivity index (χ1n) is 7.82. The Labute approximate surface area is 144 Å². The summed E-state index contributed by atoms with van der Waals surface area (Å²) in [6.07, 6.45) is 0. The zero-order valence-electron chi connectivity index (χ0n) is 13.2. The molecule has 1 amide bonds. The Morgan fingerprint density at radius 1 is 1.17 bits per heavy atom. The lowest BCUT2D eigenvalue weighted by Gasteiger charge is -2.24. The summed E-state index contributed by atoms with van der Waals surface area (Å²) in [6.45, 7) is 2.82. The summed E-state index contributed by atoms with van der Waals surface area (Å²) in [5.74, 6) is 2.86. The zero-order chi connectivity index (χ0) is 16.5. The maximum Gasteiger partial charge on any atom is 0.238 e. The molecule has 24 heavy (non-hydrogen) atoms. The molecule has 2 aromatic carbocycles. The Morgan fingerprint density at radius 2 is 1.96 bits per heavy atom. The molecule has 0 bridgehead atoms. The highest BCUT2D eigenvalue weighted by molar-refractivity contribution is 8.00. The highest BCUT2D eigenvalue weighted by Crippen LogP contribution is 2.44.